The topological polar surface area (TPSA) is 90.1 Å². The van der Waals surface area contributed by atoms with E-state index in [1.54, 1.807) is 0 Å². The number of nitrogens with two attached hydrogens (primary N) is 1. The first-order chi connectivity index (χ1) is 9.67. The standard InChI is InChI=1S/C13H16N4O2S/c1-9-2-4-10(5-3-9)19-8-11(18)15-13-17-16-12(20-13)6-7-14/h2-5H,6-8,14H2,1H3,(H,15,17,18). The normalized spacial score (nSPS) is 10.3. The number of ether oxygens (including phenoxy) is 1. The fraction of sp³-hybridized carbons (Fsp3) is 0.308. The summed E-state index contributed by atoms with van der Waals surface area (Å²) in [7, 11) is 0. The number of hydrogen-bond acceptors (Lipinski definition) is 6. The maximum atomic E-state index is 11.7. The Morgan fingerprint density at radius 2 is 2.10 bits per heavy atom. The maximum Gasteiger partial charge on any atom is 0.264 e. The van der Waals surface area contributed by atoms with Crippen molar-refractivity contribution in [2.45, 2.75) is 13.3 Å². The minimum atomic E-state index is -0.263. The van der Waals surface area contributed by atoms with E-state index < -0.39 is 0 Å². The van der Waals surface area contributed by atoms with Crippen LogP contribution in [-0.2, 0) is 11.2 Å². The van der Waals surface area contributed by atoms with Gasteiger partial charge < -0.3 is 10.5 Å². The molecule has 7 heteroatoms. The van der Waals surface area contributed by atoms with Crippen molar-refractivity contribution in [3.05, 3.63) is 34.8 Å². The van der Waals surface area contributed by atoms with Gasteiger partial charge in [-0.05, 0) is 25.6 Å². The Balaban J connectivity index is 1.81. The molecular weight excluding hydrogens is 276 g/mol. The quantitative estimate of drug-likeness (QED) is 0.839. The van der Waals surface area contributed by atoms with E-state index in [1.807, 2.05) is 31.2 Å². The van der Waals surface area contributed by atoms with Gasteiger partial charge in [-0.2, -0.15) is 0 Å². The van der Waals surface area contributed by atoms with E-state index in [4.69, 9.17) is 10.5 Å². The van der Waals surface area contributed by atoms with Gasteiger partial charge in [-0.1, -0.05) is 29.0 Å². The van der Waals surface area contributed by atoms with Gasteiger partial charge in [0.2, 0.25) is 5.13 Å². The second-order valence-electron chi connectivity index (χ2n) is 4.19. The number of benzene rings is 1. The Labute approximate surface area is 121 Å². The van der Waals surface area contributed by atoms with Crippen LogP contribution in [0.3, 0.4) is 0 Å². The van der Waals surface area contributed by atoms with Crippen LogP contribution in [-0.4, -0.2) is 29.3 Å². The highest BCUT2D eigenvalue weighted by Gasteiger charge is 2.08. The van der Waals surface area contributed by atoms with E-state index in [0.717, 1.165) is 10.6 Å². The fourth-order valence-electron chi connectivity index (χ4n) is 1.47. The Kier molecular flexibility index (Phi) is 5.03. The van der Waals surface area contributed by atoms with Crippen molar-refractivity contribution in [3.63, 3.8) is 0 Å². The van der Waals surface area contributed by atoms with Crippen molar-refractivity contribution in [1.82, 2.24) is 10.2 Å². The third-order valence-electron chi connectivity index (χ3n) is 2.46. The van der Waals surface area contributed by atoms with E-state index in [-0.39, 0.29) is 12.5 Å². The number of hydrogen-bond donors (Lipinski definition) is 2. The van der Waals surface area contributed by atoms with Crippen molar-refractivity contribution in [2.24, 2.45) is 5.73 Å². The predicted molar refractivity (Wildman–Crippen MR) is 78.0 cm³/mol. The van der Waals surface area contributed by atoms with Crippen LogP contribution in [0, 0.1) is 6.92 Å². The molecule has 0 spiro atoms. The van der Waals surface area contributed by atoms with Crippen LogP contribution < -0.4 is 15.8 Å². The van der Waals surface area contributed by atoms with E-state index >= 15 is 0 Å². The van der Waals surface area contributed by atoms with E-state index in [2.05, 4.69) is 15.5 Å². The zero-order valence-electron chi connectivity index (χ0n) is 11.1. The number of aromatic nitrogens is 2. The molecule has 106 valence electrons. The van der Waals surface area contributed by atoms with Crippen LogP contribution in [0.4, 0.5) is 5.13 Å². The van der Waals surface area contributed by atoms with Gasteiger partial charge in [-0.3, -0.25) is 10.1 Å². The van der Waals surface area contributed by atoms with Gasteiger partial charge in [0.05, 0.1) is 0 Å². The first-order valence-corrected chi connectivity index (χ1v) is 7.01. The minimum Gasteiger partial charge on any atom is -0.484 e. The van der Waals surface area contributed by atoms with Crippen molar-refractivity contribution in [3.8, 4) is 5.75 Å². The molecule has 0 aliphatic carbocycles. The lowest BCUT2D eigenvalue weighted by molar-refractivity contribution is -0.118. The van der Waals surface area contributed by atoms with Gasteiger partial charge in [0.25, 0.3) is 5.91 Å². The van der Waals surface area contributed by atoms with Crippen LogP contribution in [0.1, 0.15) is 10.6 Å². The summed E-state index contributed by atoms with van der Waals surface area (Å²) in [5.41, 5.74) is 6.57. The summed E-state index contributed by atoms with van der Waals surface area (Å²) in [5.74, 6) is 0.396. The molecule has 0 aliphatic heterocycles. The molecule has 1 amide bonds. The van der Waals surface area contributed by atoms with Gasteiger partial charge in [-0.25, -0.2) is 0 Å². The lowest BCUT2D eigenvalue weighted by Crippen LogP contribution is -2.20. The maximum absolute atomic E-state index is 11.7. The monoisotopic (exact) mass is 292 g/mol. The Hall–Kier alpha value is -1.99. The molecule has 0 unspecified atom stereocenters. The van der Waals surface area contributed by atoms with E-state index in [9.17, 15) is 4.79 Å². The molecule has 1 aromatic heterocycles. The van der Waals surface area contributed by atoms with Crippen molar-refractivity contribution in [1.29, 1.82) is 0 Å². The molecule has 1 aromatic carbocycles. The smallest absolute Gasteiger partial charge is 0.264 e. The first-order valence-electron chi connectivity index (χ1n) is 6.19. The predicted octanol–water partition coefficient (Wildman–Crippen LogP) is 1.37. The molecule has 0 saturated heterocycles. The molecule has 2 rings (SSSR count). The summed E-state index contributed by atoms with van der Waals surface area (Å²) >= 11 is 1.32. The second-order valence-corrected chi connectivity index (χ2v) is 5.25. The molecule has 1 heterocycles. The van der Waals surface area contributed by atoms with Gasteiger partial charge in [0.1, 0.15) is 10.8 Å². The van der Waals surface area contributed by atoms with Crippen LogP contribution in [0.2, 0.25) is 0 Å². The SMILES string of the molecule is Cc1ccc(OCC(=O)Nc2nnc(CCN)s2)cc1. The summed E-state index contributed by atoms with van der Waals surface area (Å²) < 4.78 is 5.37. The summed E-state index contributed by atoms with van der Waals surface area (Å²) in [6.07, 6.45) is 0.660. The van der Waals surface area contributed by atoms with Gasteiger partial charge >= 0.3 is 0 Å². The summed E-state index contributed by atoms with van der Waals surface area (Å²) in [4.78, 5) is 11.7. The molecule has 0 fully saturated rings. The largest absolute Gasteiger partial charge is 0.484 e. The third kappa shape index (κ3) is 4.29. The zero-order valence-corrected chi connectivity index (χ0v) is 11.9. The molecule has 6 nitrogen and oxygen atoms in total. The summed E-state index contributed by atoms with van der Waals surface area (Å²) in [6.45, 7) is 2.44. The summed E-state index contributed by atoms with van der Waals surface area (Å²) in [6, 6.07) is 7.51. The van der Waals surface area contributed by atoms with Crippen LogP contribution >= 0.6 is 11.3 Å². The molecular formula is C13H16N4O2S. The van der Waals surface area contributed by atoms with Crippen molar-refractivity contribution < 1.29 is 9.53 Å². The third-order valence-corrected chi connectivity index (χ3v) is 3.36. The summed E-state index contributed by atoms with van der Waals surface area (Å²) in [5, 5.41) is 11.7. The molecule has 0 radical (unpaired) electrons. The van der Waals surface area contributed by atoms with Crippen LogP contribution in [0.15, 0.2) is 24.3 Å². The number of nitrogens with zero attached hydrogens (tertiary/aromatic N) is 2. The number of nitrogens with one attached hydrogen (secondary N) is 1. The van der Waals surface area contributed by atoms with Gasteiger partial charge in [-0.15, -0.1) is 10.2 Å². The van der Waals surface area contributed by atoms with Crippen molar-refractivity contribution >= 4 is 22.4 Å². The average molecular weight is 292 g/mol. The second kappa shape index (κ2) is 6.97. The highest BCUT2D eigenvalue weighted by atomic mass is 32.1. The lowest BCUT2D eigenvalue weighted by atomic mass is 10.2. The highest BCUT2D eigenvalue weighted by Crippen LogP contribution is 2.15. The Bertz CT molecular complexity index is 568. The number of carbonyl (C=O) groups excluding carboxylic acids is 1. The van der Waals surface area contributed by atoms with Crippen LogP contribution in [0.5, 0.6) is 5.75 Å². The minimum absolute atomic E-state index is 0.0607. The Morgan fingerprint density at radius 3 is 2.80 bits per heavy atom. The number of amides is 1. The highest BCUT2D eigenvalue weighted by molar-refractivity contribution is 7.15. The number of carbonyl (C=O) groups is 1. The average Bonchev–Trinajstić information content (AvgIpc) is 2.86. The van der Waals surface area contributed by atoms with E-state index in [0.29, 0.717) is 23.8 Å². The lowest BCUT2D eigenvalue weighted by Gasteiger charge is -2.05. The molecule has 0 atom stereocenters. The van der Waals surface area contributed by atoms with Gasteiger partial charge in [0.15, 0.2) is 6.61 Å². The molecule has 0 aliphatic rings. The molecule has 20 heavy (non-hydrogen) atoms. The zero-order chi connectivity index (χ0) is 14.4. The van der Waals surface area contributed by atoms with Crippen molar-refractivity contribution in [2.75, 3.05) is 18.5 Å². The Morgan fingerprint density at radius 1 is 1.35 bits per heavy atom. The first kappa shape index (κ1) is 14.4. The fourth-order valence-corrected chi connectivity index (χ4v) is 2.24. The molecule has 2 aromatic rings. The number of anilines is 1. The number of rotatable bonds is 6. The molecule has 0 saturated carbocycles. The van der Waals surface area contributed by atoms with E-state index in [1.165, 1.54) is 11.3 Å². The molecule has 0 bridgehead atoms. The molecule has 3 N–H and O–H groups in total. The van der Waals surface area contributed by atoms with Gasteiger partial charge in [0, 0.05) is 6.42 Å². The number of aryl methyl sites for hydroxylation is 1. The van der Waals surface area contributed by atoms with Crippen LogP contribution in [0.25, 0.3) is 0 Å².